The molecule has 0 amide bonds. The summed E-state index contributed by atoms with van der Waals surface area (Å²) in [7, 11) is 0. The van der Waals surface area contributed by atoms with Gasteiger partial charge in [0.15, 0.2) is 0 Å². The molecule has 0 unspecified atom stereocenters. The quantitative estimate of drug-likeness (QED) is 0.0180. The predicted molar refractivity (Wildman–Crippen MR) is 267 cm³/mol. The maximum absolute atomic E-state index is 12.9. The van der Waals surface area contributed by atoms with Gasteiger partial charge in [0.05, 0.1) is 43.1 Å². The van der Waals surface area contributed by atoms with Crippen LogP contribution in [0.2, 0.25) is 0 Å². The van der Waals surface area contributed by atoms with E-state index < -0.39 is 41.6 Å². The van der Waals surface area contributed by atoms with Crippen molar-refractivity contribution >= 4 is 47.2 Å². The van der Waals surface area contributed by atoms with Crippen LogP contribution in [0.15, 0.2) is 164 Å². The Morgan fingerprint density at radius 2 is 0.819 bits per heavy atom. The van der Waals surface area contributed by atoms with Gasteiger partial charge < -0.3 is 28.4 Å². The molecule has 0 saturated heterocycles. The predicted octanol–water partition coefficient (Wildman–Crippen LogP) is 9.59. The highest BCUT2D eigenvalue weighted by atomic mass is 16.6. The third-order valence-corrected chi connectivity index (χ3v) is 10.6. The molecule has 0 atom stereocenters. The van der Waals surface area contributed by atoms with Crippen molar-refractivity contribution in [2.45, 2.75) is 38.5 Å². The lowest BCUT2D eigenvalue weighted by Crippen LogP contribution is -2.13. The van der Waals surface area contributed by atoms with Crippen molar-refractivity contribution in [2.75, 3.05) is 26.4 Å². The van der Waals surface area contributed by atoms with Crippen LogP contribution in [-0.2, 0) is 38.1 Å². The van der Waals surface area contributed by atoms with Crippen molar-refractivity contribution in [1.82, 2.24) is 0 Å². The van der Waals surface area contributed by atoms with Gasteiger partial charge in [-0.05, 0) is 158 Å². The summed E-state index contributed by atoms with van der Waals surface area (Å²) in [5.74, 6) is 7.56. The highest BCUT2D eigenvalue weighted by molar-refractivity contribution is 6.09. The first-order valence-corrected chi connectivity index (χ1v) is 22.8. The number of rotatable bonds is 20. The molecule has 0 aliphatic heterocycles. The lowest BCUT2D eigenvalue weighted by atomic mass is 9.93. The molecule has 0 bridgehead atoms. The number of carbonyl (C=O) groups excluding carboxylic acids is 7. The molecular formula is C59H48O13. The molecule has 362 valence electrons. The van der Waals surface area contributed by atoms with Crippen molar-refractivity contribution in [3.05, 3.63) is 198 Å². The van der Waals surface area contributed by atoms with E-state index in [1.165, 1.54) is 0 Å². The van der Waals surface area contributed by atoms with Gasteiger partial charge in [-0.3, -0.25) is 4.79 Å². The minimum Gasteiger partial charge on any atom is -0.463 e. The van der Waals surface area contributed by atoms with E-state index in [-0.39, 0.29) is 32.2 Å². The van der Waals surface area contributed by atoms with E-state index >= 15 is 0 Å². The van der Waals surface area contributed by atoms with Crippen LogP contribution in [0.1, 0.15) is 86.3 Å². The van der Waals surface area contributed by atoms with Crippen molar-refractivity contribution in [3.8, 4) is 46.3 Å². The molecule has 1 aliphatic carbocycles. The standard InChI is InChI=1S/C59H48O13/c1-3-54(61)67-37-5-7-39-69-56(63)47-23-15-43(16-24-47)45-19-27-49(28-20-45)58(65)71-52-33-11-41(12-34-52)9-31-51(60)32-10-42-13-35-53(36-14-42)72-59(66)50-29-21-46(22-30-50)44-17-25-48(26-18-44)57(64)70-40-8-6-38-68-55(62)4-2/h3-4,11-21,23-29,33-36H,1-2,5-8,22,30,37-40H2. The summed E-state index contributed by atoms with van der Waals surface area (Å²) < 4.78 is 31.5. The van der Waals surface area contributed by atoms with Gasteiger partial charge in [0.1, 0.15) is 11.5 Å². The second-order valence-electron chi connectivity index (χ2n) is 15.7. The van der Waals surface area contributed by atoms with Crippen molar-refractivity contribution in [1.29, 1.82) is 0 Å². The maximum Gasteiger partial charge on any atom is 0.343 e. The molecule has 5 aromatic rings. The third-order valence-electron chi connectivity index (χ3n) is 10.6. The van der Waals surface area contributed by atoms with Crippen LogP contribution in [-0.4, -0.2) is 68.0 Å². The summed E-state index contributed by atoms with van der Waals surface area (Å²) in [6.07, 6.45) is 9.04. The van der Waals surface area contributed by atoms with Crippen LogP contribution < -0.4 is 9.47 Å². The van der Waals surface area contributed by atoms with Crippen molar-refractivity contribution < 1.29 is 62.0 Å². The van der Waals surface area contributed by atoms with Crippen LogP contribution in [0, 0.1) is 23.7 Å². The van der Waals surface area contributed by atoms with Crippen LogP contribution in [0.3, 0.4) is 0 Å². The third kappa shape index (κ3) is 16.4. The van der Waals surface area contributed by atoms with Crippen LogP contribution >= 0.6 is 0 Å². The van der Waals surface area contributed by atoms with Gasteiger partial charge in [-0.1, -0.05) is 73.5 Å². The number of hydrogen-bond acceptors (Lipinski definition) is 13. The molecule has 1 aliphatic rings. The van der Waals surface area contributed by atoms with Gasteiger partial charge in [0.2, 0.25) is 0 Å². The lowest BCUT2D eigenvalue weighted by Gasteiger charge is -2.15. The fourth-order valence-corrected chi connectivity index (χ4v) is 6.67. The van der Waals surface area contributed by atoms with Gasteiger partial charge in [0, 0.05) is 28.9 Å². The molecule has 0 spiro atoms. The Balaban J connectivity index is 0.901. The first-order chi connectivity index (χ1) is 35.0. The molecule has 13 heteroatoms. The molecule has 0 N–H and O–H groups in total. The molecule has 13 nitrogen and oxygen atoms in total. The summed E-state index contributed by atoms with van der Waals surface area (Å²) in [6.45, 7) is 7.52. The molecule has 72 heavy (non-hydrogen) atoms. The molecule has 0 aromatic heterocycles. The smallest absolute Gasteiger partial charge is 0.343 e. The minimum atomic E-state index is -0.610. The van der Waals surface area contributed by atoms with E-state index in [9.17, 15) is 33.6 Å². The summed E-state index contributed by atoms with van der Waals surface area (Å²) >= 11 is 0. The zero-order valence-corrected chi connectivity index (χ0v) is 39.1. The van der Waals surface area contributed by atoms with E-state index in [2.05, 4.69) is 36.8 Å². The highest BCUT2D eigenvalue weighted by Gasteiger charge is 2.18. The topological polar surface area (TPSA) is 175 Å². The Bertz CT molecular complexity index is 2990. The minimum absolute atomic E-state index is 0.194. The van der Waals surface area contributed by atoms with E-state index in [0.29, 0.717) is 77.7 Å². The molecule has 0 fully saturated rings. The van der Waals surface area contributed by atoms with Crippen LogP contribution in [0.25, 0.3) is 16.7 Å². The molecule has 6 rings (SSSR count). The van der Waals surface area contributed by atoms with Crippen LogP contribution in [0.5, 0.6) is 11.5 Å². The fourth-order valence-electron chi connectivity index (χ4n) is 6.67. The summed E-state index contributed by atoms with van der Waals surface area (Å²) in [4.78, 5) is 85.3. The average Bonchev–Trinajstić information content (AvgIpc) is 3.42. The van der Waals surface area contributed by atoms with Crippen LogP contribution in [0.4, 0.5) is 0 Å². The lowest BCUT2D eigenvalue weighted by molar-refractivity contribution is -0.138. The first-order valence-electron chi connectivity index (χ1n) is 22.8. The van der Waals surface area contributed by atoms with Gasteiger partial charge in [0.25, 0.3) is 5.78 Å². The normalized spacial score (nSPS) is 11.3. The molecule has 0 heterocycles. The highest BCUT2D eigenvalue weighted by Crippen LogP contribution is 2.28. The first kappa shape index (κ1) is 52.0. The Hall–Kier alpha value is -9.33. The summed E-state index contributed by atoms with van der Waals surface area (Å²) in [5, 5.41) is 0. The Morgan fingerprint density at radius 1 is 0.431 bits per heavy atom. The Labute approximate surface area is 416 Å². The second-order valence-corrected chi connectivity index (χ2v) is 15.7. The molecule has 0 saturated carbocycles. The van der Waals surface area contributed by atoms with Gasteiger partial charge in [-0.25, -0.2) is 28.8 Å². The van der Waals surface area contributed by atoms with Crippen molar-refractivity contribution in [2.24, 2.45) is 0 Å². The Morgan fingerprint density at radius 3 is 1.22 bits per heavy atom. The maximum atomic E-state index is 12.9. The van der Waals surface area contributed by atoms with E-state index in [1.54, 1.807) is 115 Å². The molecule has 0 radical (unpaired) electrons. The largest absolute Gasteiger partial charge is 0.463 e. The number of carbonyl (C=O) groups is 7. The van der Waals surface area contributed by atoms with E-state index in [0.717, 1.165) is 34.4 Å². The average molecular weight is 965 g/mol. The number of hydrogen-bond donors (Lipinski definition) is 0. The number of benzene rings is 5. The van der Waals surface area contributed by atoms with Gasteiger partial charge in [-0.15, -0.1) is 0 Å². The van der Waals surface area contributed by atoms with E-state index in [4.69, 9.17) is 28.4 Å². The zero-order chi connectivity index (χ0) is 51.1. The zero-order valence-electron chi connectivity index (χ0n) is 39.1. The fraction of sp³-hybridized carbons (Fsp3) is 0.169. The van der Waals surface area contributed by atoms with E-state index in [1.807, 2.05) is 18.2 Å². The van der Waals surface area contributed by atoms with Gasteiger partial charge in [-0.2, -0.15) is 0 Å². The monoisotopic (exact) mass is 964 g/mol. The number of unbranched alkanes of at least 4 members (excludes halogenated alkanes) is 2. The number of esters is 6. The number of ether oxygens (including phenoxy) is 6. The summed E-state index contributed by atoms with van der Waals surface area (Å²) in [5.41, 5.74) is 6.23. The molecule has 5 aromatic carbocycles. The Kier molecular flexibility index (Phi) is 19.5. The molecular weight excluding hydrogens is 917 g/mol. The number of allylic oxidation sites excluding steroid dienone is 3. The van der Waals surface area contributed by atoms with Gasteiger partial charge >= 0.3 is 35.8 Å². The number of Topliss-reactive ketones (excluding diaryl/α,β-unsaturated/α-hetero) is 1. The SMILES string of the molecule is C=CC(=O)OCCCCOC(=O)c1ccc(C2=CC=C(C(=O)Oc3ccc(C#CC(=O)C#Cc4ccc(OC(=O)c5ccc(-c6ccc(C(=O)OCCCCOC(=O)C=C)cc6)cc5)cc4)cc3)CC2)cc1. The summed E-state index contributed by atoms with van der Waals surface area (Å²) in [6, 6.07) is 33.5. The second kappa shape index (κ2) is 27.0. The number of ketones is 1. The van der Waals surface area contributed by atoms with Crippen molar-refractivity contribution in [3.63, 3.8) is 0 Å².